The molecular formula is C24H22N4O4. The predicted octanol–water partition coefficient (Wildman–Crippen LogP) is 5.63. The number of ether oxygens (including phenoxy) is 2. The van der Waals surface area contributed by atoms with Gasteiger partial charge in [-0.2, -0.15) is 0 Å². The highest BCUT2D eigenvalue weighted by Gasteiger charge is 2.49. The maximum absolute atomic E-state index is 11.3. The van der Waals surface area contributed by atoms with E-state index in [-0.39, 0.29) is 0 Å². The van der Waals surface area contributed by atoms with Crippen molar-refractivity contribution in [3.8, 4) is 11.5 Å². The van der Waals surface area contributed by atoms with Gasteiger partial charge < -0.3 is 9.47 Å². The number of nitrogens with zero attached hydrogens (tertiary/aromatic N) is 4. The molecule has 0 saturated carbocycles. The Morgan fingerprint density at radius 2 is 1.38 bits per heavy atom. The molecule has 0 bridgehead atoms. The highest BCUT2D eigenvalue weighted by molar-refractivity contribution is 5.69. The first-order valence-electron chi connectivity index (χ1n) is 10.6. The van der Waals surface area contributed by atoms with Crippen LogP contribution in [0, 0.1) is 9.81 Å². The number of fused-ring (bicyclic) bond motifs is 6. The lowest BCUT2D eigenvalue weighted by atomic mass is 9.77. The fourth-order valence-corrected chi connectivity index (χ4v) is 4.63. The van der Waals surface area contributed by atoms with Crippen LogP contribution >= 0.6 is 0 Å². The van der Waals surface area contributed by atoms with Gasteiger partial charge in [-0.15, -0.1) is 9.81 Å². The zero-order chi connectivity index (χ0) is 22.3. The summed E-state index contributed by atoms with van der Waals surface area (Å²) in [4.78, 5) is 22.5. The normalized spacial score (nSPS) is 14.7. The largest absolute Gasteiger partial charge is 0.456 e. The number of hydrogen-bond acceptors (Lipinski definition) is 6. The quantitative estimate of drug-likeness (QED) is 0.372. The summed E-state index contributed by atoms with van der Waals surface area (Å²) in [6, 6.07) is 19.3. The molecule has 0 amide bonds. The third kappa shape index (κ3) is 2.80. The first-order chi connectivity index (χ1) is 15.7. The van der Waals surface area contributed by atoms with Gasteiger partial charge in [0.2, 0.25) is 0 Å². The summed E-state index contributed by atoms with van der Waals surface area (Å²) < 4.78 is 12.9. The van der Waals surface area contributed by atoms with Crippen LogP contribution in [0.4, 0.5) is 11.4 Å². The molecule has 2 heterocycles. The highest BCUT2D eigenvalue weighted by Crippen LogP contribution is 2.57. The lowest BCUT2D eigenvalue weighted by molar-refractivity contribution is 0.0200. The second-order valence-electron chi connectivity index (χ2n) is 7.68. The number of nitroso groups, excluding NO2 is 2. The average molecular weight is 430 g/mol. The SMILES string of the molecule is CCN(N=O)c1ccc2c(c1)Oc1cc(N(CC)N=O)ccc1C21OCc2ccccc21. The van der Waals surface area contributed by atoms with Crippen LogP contribution in [0.1, 0.15) is 36.1 Å². The Bertz CT molecular complexity index is 1150. The fourth-order valence-electron chi connectivity index (χ4n) is 4.63. The molecule has 2 aliphatic rings. The van der Waals surface area contributed by atoms with Crippen molar-refractivity contribution in [3.05, 3.63) is 92.7 Å². The van der Waals surface area contributed by atoms with E-state index in [1.807, 2.05) is 50.2 Å². The lowest BCUT2D eigenvalue weighted by Crippen LogP contribution is -2.32. The average Bonchev–Trinajstić information content (AvgIpc) is 3.21. The Kier molecular flexibility index (Phi) is 4.86. The summed E-state index contributed by atoms with van der Waals surface area (Å²) in [6.45, 7) is 5.04. The Morgan fingerprint density at radius 3 is 1.91 bits per heavy atom. The molecule has 8 heteroatoms. The van der Waals surface area contributed by atoms with Gasteiger partial charge in [-0.3, -0.25) is 0 Å². The monoisotopic (exact) mass is 430 g/mol. The number of rotatable bonds is 6. The molecule has 0 N–H and O–H groups in total. The zero-order valence-electron chi connectivity index (χ0n) is 17.8. The maximum atomic E-state index is 11.3. The van der Waals surface area contributed by atoms with Crippen molar-refractivity contribution >= 4 is 11.4 Å². The van der Waals surface area contributed by atoms with Crippen LogP contribution < -0.4 is 14.8 Å². The van der Waals surface area contributed by atoms with E-state index >= 15 is 0 Å². The standard InChI is InChI=1S/C24H22N4O4/c1-3-27(25-29)17-9-11-20-22(13-17)32-23-14-18(28(4-2)26-30)10-12-21(23)24(20)19-8-6-5-7-16(19)15-31-24/h5-14H,3-4,15H2,1-2H3. The van der Waals surface area contributed by atoms with Gasteiger partial charge in [0.05, 0.1) is 28.6 Å². The molecule has 3 aromatic rings. The van der Waals surface area contributed by atoms with Crippen molar-refractivity contribution in [3.63, 3.8) is 0 Å². The third-order valence-corrected chi connectivity index (χ3v) is 6.14. The second kappa shape index (κ2) is 7.72. The first kappa shape index (κ1) is 20.1. The fraction of sp³-hybridized carbons (Fsp3) is 0.250. The van der Waals surface area contributed by atoms with E-state index in [0.717, 1.165) is 22.3 Å². The van der Waals surface area contributed by atoms with Crippen LogP contribution in [0.5, 0.6) is 11.5 Å². The number of hydrogen-bond donors (Lipinski definition) is 0. The van der Waals surface area contributed by atoms with Crippen LogP contribution in [-0.2, 0) is 16.9 Å². The summed E-state index contributed by atoms with van der Waals surface area (Å²) in [7, 11) is 0. The highest BCUT2D eigenvalue weighted by atomic mass is 16.5. The van der Waals surface area contributed by atoms with Crippen molar-refractivity contribution in [2.45, 2.75) is 26.1 Å². The molecular weight excluding hydrogens is 408 g/mol. The molecule has 0 aromatic heterocycles. The van der Waals surface area contributed by atoms with Crippen molar-refractivity contribution in [2.75, 3.05) is 23.1 Å². The van der Waals surface area contributed by atoms with Crippen LogP contribution in [-0.4, -0.2) is 13.1 Å². The first-order valence-corrected chi connectivity index (χ1v) is 10.6. The van der Waals surface area contributed by atoms with Crippen LogP contribution in [0.2, 0.25) is 0 Å². The van der Waals surface area contributed by atoms with Gasteiger partial charge in [-0.25, -0.2) is 10.0 Å². The summed E-state index contributed by atoms with van der Waals surface area (Å²) in [6.07, 6.45) is 0. The molecule has 0 atom stereocenters. The van der Waals surface area contributed by atoms with E-state index in [0.29, 0.717) is 42.6 Å². The Hall–Kier alpha value is -3.78. The van der Waals surface area contributed by atoms with Crippen molar-refractivity contribution < 1.29 is 9.47 Å². The van der Waals surface area contributed by atoms with Gasteiger partial charge in [0.25, 0.3) is 0 Å². The van der Waals surface area contributed by atoms with E-state index in [9.17, 15) is 9.81 Å². The smallest absolute Gasteiger partial charge is 0.151 e. The minimum atomic E-state index is -0.853. The van der Waals surface area contributed by atoms with Crippen molar-refractivity contribution in [1.82, 2.24) is 0 Å². The van der Waals surface area contributed by atoms with E-state index in [4.69, 9.17) is 9.47 Å². The van der Waals surface area contributed by atoms with Crippen LogP contribution in [0.25, 0.3) is 0 Å². The predicted molar refractivity (Wildman–Crippen MR) is 122 cm³/mol. The van der Waals surface area contributed by atoms with Gasteiger partial charge in [-0.05, 0) is 49.2 Å². The second-order valence-corrected chi connectivity index (χ2v) is 7.68. The molecule has 0 radical (unpaired) electrons. The number of benzene rings is 3. The van der Waals surface area contributed by atoms with E-state index in [1.54, 1.807) is 12.1 Å². The molecule has 0 fully saturated rings. The minimum Gasteiger partial charge on any atom is -0.456 e. The number of anilines is 2. The summed E-state index contributed by atoms with van der Waals surface area (Å²) in [5.74, 6) is 1.15. The van der Waals surface area contributed by atoms with Crippen LogP contribution in [0.3, 0.4) is 0 Å². The molecule has 3 aromatic carbocycles. The van der Waals surface area contributed by atoms with Gasteiger partial charge >= 0.3 is 0 Å². The molecule has 0 unspecified atom stereocenters. The van der Waals surface area contributed by atoms with Gasteiger partial charge in [0.15, 0.2) is 5.60 Å². The molecule has 8 nitrogen and oxygen atoms in total. The molecule has 1 spiro atoms. The van der Waals surface area contributed by atoms with Gasteiger partial charge in [-0.1, -0.05) is 24.3 Å². The Balaban J connectivity index is 1.75. The lowest BCUT2D eigenvalue weighted by Gasteiger charge is -2.38. The van der Waals surface area contributed by atoms with Gasteiger partial charge in [0, 0.05) is 36.3 Å². The molecule has 5 rings (SSSR count). The topological polar surface area (TPSA) is 83.8 Å². The van der Waals surface area contributed by atoms with E-state index in [1.165, 1.54) is 10.0 Å². The summed E-state index contributed by atoms with van der Waals surface area (Å²) in [5.41, 5.74) is 4.28. The van der Waals surface area contributed by atoms with Crippen molar-refractivity contribution in [2.24, 2.45) is 10.6 Å². The Labute approximate surface area is 185 Å². The molecule has 162 valence electrons. The maximum Gasteiger partial charge on any atom is 0.151 e. The van der Waals surface area contributed by atoms with E-state index in [2.05, 4.69) is 22.7 Å². The van der Waals surface area contributed by atoms with E-state index < -0.39 is 5.60 Å². The molecule has 0 saturated heterocycles. The summed E-state index contributed by atoms with van der Waals surface area (Å²) >= 11 is 0. The third-order valence-electron chi connectivity index (χ3n) is 6.14. The summed E-state index contributed by atoms with van der Waals surface area (Å²) in [5, 5.41) is 8.92. The molecule has 0 aliphatic carbocycles. The van der Waals surface area contributed by atoms with Crippen LogP contribution in [0.15, 0.2) is 71.2 Å². The van der Waals surface area contributed by atoms with Crippen molar-refractivity contribution in [1.29, 1.82) is 0 Å². The zero-order valence-corrected chi connectivity index (χ0v) is 17.8. The van der Waals surface area contributed by atoms with Gasteiger partial charge in [0.1, 0.15) is 11.5 Å². The molecule has 2 aliphatic heterocycles. The molecule has 32 heavy (non-hydrogen) atoms. The Morgan fingerprint density at radius 1 is 0.812 bits per heavy atom. The minimum absolute atomic E-state index is 0.434.